The molecule has 2 aliphatic rings. The highest BCUT2D eigenvalue weighted by molar-refractivity contribution is 5.20. The molecule has 1 aromatic heterocycles. The van der Waals surface area contributed by atoms with Crippen LogP contribution in [0.3, 0.4) is 0 Å². The maximum atomic E-state index is 5.25. The van der Waals surface area contributed by atoms with Crippen molar-refractivity contribution in [3.05, 3.63) is 23.9 Å². The van der Waals surface area contributed by atoms with Crippen LogP contribution in [0.2, 0.25) is 0 Å². The molecule has 0 aliphatic carbocycles. The van der Waals surface area contributed by atoms with Crippen LogP contribution in [0, 0.1) is 0 Å². The van der Waals surface area contributed by atoms with Crippen molar-refractivity contribution in [3.8, 4) is 5.88 Å². The highest BCUT2D eigenvalue weighted by Crippen LogP contribution is 2.26. The van der Waals surface area contributed by atoms with Crippen LogP contribution < -0.4 is 4.74 Å². The summed E-state index contributed by atoms with van der Waals surface area (Å²) in [5.41, 5.74) is 1.31. The van der Waals surface area contributed by atoms with Crippen LogP contribution in [0.25, 0.3) is 0 Å². The normalized spacial score (nSPS) is 27.3. The van der Waals surface area contributed by atoms with Gasteiger partial charge in [-0.05, 0) is 37.4 Å². The quantitative estimate of drug-likeness (QED) is 0.851. The van der Waals surface area contributed by atoms with Crippen LogP contribution in [0.1, 0.15) is 38.2 Å². The first-order valence-corrected chi connectivity index (χ1v) is 8.27. The molecule has 3 heterocycles. The van der Waals surface area contributed by atoms with Crippen LogP contribution >= 0.6 is 0 Å². The molecule has 2 saturated heterocycles. The van der Waals surface area contributed by atoms with Gasteiger partial charge in [-0.25, -0.2) is 4.98 Å². The summed E-state index contributed by atoms with van der Waals surface area (Å²) >= 11 is 0. The van der Waals surface area contributed by atoms with Gasteiger partial charge in [0.25, 0.3) is 0 Å². The molecule has 4 nitrogen and oxygen atoms in total. The molecule has 2 fully saturated rings. The van der Waals surface area contributed by atoms with Gasteiger partial charge in [-0.2, -0.15) is 0 Å². The molecule has 2 unspecified atom stereocenters. The number of hydrogen-bond acceptors (Lipinski definition) is 4. The molecular formula is C17H27N3O. The van der Waals surface area contributed by atoms with Crippen LogP contribution in [-0.2, 0) is 6.54 Å². The number of rotatable bonds is 4. The predicted octanol–water partition coefficient (Wildman–Crippen LogP) is 2.54. The monoisotopic (exact) mass is 289 g/mol. The van der Waals surface area contributed by atoms with Crippen LogP contribution in [-0.4, -0.2) is 53.6 Å². The Labute approximate surface area is 128 Å². The molecule has 0 spiro atoms. The standard InChI is InChI=1S/C17H27N3O/c1-3-15-12-19-9-5-4-6-16(19)13-20(15)11-14-7-8-18-17(10-14)21-2/h7-8,10,15-16H,3-6,9,11-13H2,1-2H3. The topological polar surface area (TPSA) is 28.6 Å². The zero-order chi connectivity index (χ0) is 14.7. The van der Waals surface area contributed by atoms with E-state index in [9.17, 15) is 0 Å². The number of aromatic nitrogens is 1. The second-order valence-corrected chi connectivity index (χ2v) is 6.34. The Hall–Kier alpha value is -1.13. The predicted molar refractivity (Wildman–Crippen MR) is 84.5 cm³/mol. The SMILES string of the molecule is CCC1CN2CCCCC2CN1Cc1ccnc(OC)c1. The lowest BCUT2D eigenvalue weighted by Crippen LogP contribution is -2.58. The number of pyridine rings is 1. The summed E-state index contributed by atoms with van der Waals surface area (Å²) in [6, 6.07) is 5.63. The summed E-state index contributed by atoms with van der Waals surface area (Å²) in [5, 5.41) is 0. The van der Waals surface area contributed by atoms with Gasteiger partial charge in [-0.15, -0.1) is 0 Å². The Bertz CT molecular complexity index is 465. The van der Waals surface area contributed by atoms with E-state index in [1.54, 1.807) is 7.11 Å². The molecule has 1 aromatic rings. The third kappa shape index (κ3) is 3.38. The van der Waals surface area contributed by atoms with Gasteiger partial charge in [0.15, 0.2) is 0 Å². The number of fused-ring (bicyclic) bond motifs is 1. The Kier molecular flexibility index (Phi) is 4.76. The Morgan fingerprint density at radius 2 is 2.24 bits per heavy atom. The van der Waals surface area contributed by atoms with Crippen molar-refractivity contribution in [1.82, 2.24) is 14.8 Å². The molecule has 2 atom stereocenters. The van der Waals surface area contributed by atoms with Crippen LogP contribution in [0.4, 0.5) is 0 Å². The fourth-order valence-corrected chi connectivity index (χ4v) is 3.79. The summed E-state index contributed by atoms with van der Waals surface area (Å²) in [5.74, 6) is 0.719. The molecule has 0 aromatic carbocycles. The van der Waals surface area contributed by atoms with E-state index in [1.807, 2.05) is 6.20 Å². The molecular weight excluding hydrogens is 262 g/mol. The molecule has 0 amide bonds. The third-order valence-electron chi connectivity index (χ3n) is 5.02. The Morgan fingerprint density at radius 1 is 1.33 bits per heavy atom. The number of ether oxygens (including phenoxy) is 1. The summed E-state index contributed by atoms with van der Waals surface area (Å²) < 4.78 is 5.25. The van der Waals surface area contributed by atoms with E-state index in [1.165, 1.54) is 50.9 Å². The second-order valence-electron chi connectivity index (χ2n) is 6.34. The zero-order valence-electron chi connectivity index (χ0n) is 13.3. The highest BCUT2D eigenvalue weighted by Gasteiger charge is 2.33. The fourth-order valence-electron chi connectivity index (χ4n) is 3.79. The summed E-state index contributed by atoms with van der Waals surface area (Å²) in [6.45, 7) is 7.08. The smallest absolute Gasteiger partial charge is 0.213 e. The molecule has 116 valence electrons. The van der Waals surface area contributed by atoms with E-state index in [0.29, 0.717) is 6.04 Å². The zero-order valence-corrected chi connectivity index (χ0v) is 13.3. The molecule has 21 heavy (non-hydrogen) atoms. The minimum absolute atomic E-state index is 0.679. The first-order valence-electron chi connectivity index (χ1n) is 8.27. The number of hydrogen-bond donors (Lipinski definition) is 0. The molecule has 0 N–H and O–H groups in total. The van der Waals surface area contributed by atoms with E-state index in [0.717, 1.165) is 18.5 Å². The number of piperazine rings is 1. The molecule has 3 rings (SSSR count). The number of piperidine rings is 1. The first-order chi connectivity index (χ1) is 10.3. The van der Waals surface area contributed by atoms with Crippen LogP contribution in [0.5, 0.6) is 5.88 Å². The maximum absolute atomic E-state index is 5.25. The second kappa shape index (κ2) is 6.75. The lowest BCUT2D eigenvalue weighted by atomic mass is 9.95. The van der Waals surface area contributed by atoms with Crippen molar-refractivity contribution in [2.75, 3.05) is 26.7 Å². The lowest BCUT2D eigenvalue weighted by Gasteiger charge is -2.48. The van der Waals surface area contributed by atoms with E-state index < -0.39 is 0 Å². The summed E-state index contributed by atoms with van der Waals surface area (Å²) in [7, 11) is 1.68. The van der Waals surface area contributed by atoms with Crippen molar-refractivity contribution in [2.45, 2.75) is 51.2 Å². The van der Waals surface area contributed by atoms with E-state index in [2.05, 4.69) is 33.8 Å². The van der Waals surface area contributed by atoms with Gasteiger partial charge >= 0.3 is 0 Å². The van der Waals surface area contributed by atoms with Crippen LogP contribution in [0.15, 0.2) is 18.3 Å². The molecule has 4 heteroatoms. The lowest BCUT2D eigenvalue weighted by molar-refractivity contribution is 0.00324. The Morgan fingerprint density at radius 3 is 3.05 bits per heavy atom. The van der Waals surface area contributed by atoms with E-state index in [4.69, 9.17) is 4.74 Å². The van der Waals surface area contributed by atoms with Crippen molar-refractivity contribution in [1.29, 1.82) is 0 Å². The maximum Gasteiger partial charge on any atom is 0.213 e. The molecule has 0 bridgehead atoms. The highest BCUT2D eigenvalue weighted by atomic mass is 16.5. The third-order valence-corrected chi connectivity index (χ3v) is 5.02. The van der Waals surface area contributed by atoms with Gasteiger partial charge in [0.2, 0.25) is 5.88 Å². The minimum atomic E-state index is 0.679. The molecule has 2 aliphatic heterocycles. The van der Waals surface area contributed by atoms with E-state index >= 15 is 0 Å². The van der Waals surface area contributed by atoms with Gasteiger partial charge in [-0.3, -0.25) is 9.80 Å². The summed E-state index contributed by atoms with van der Waals surface area (Å²) in [4.78, 5) is 9.60. The van der Waals surface area contributed by atoms with Gasteiger partial charge in [0, 0.05) is 44.0 Å². The average molecular weight is 289 g/mol. The van der Waals surface area contributed by atoms with E-state index in [-0.39, 0.29) is 0 Å². The number of nitrogens with zero attached hydrogens (tertiary/aromatic N) is 3. The van der Waals surface area contributed by atoms with Crippen molar-refractivity contribution in [2.24, 2.45) is 0 Å². The van der Waals surface area contributed by atoms with Crippen molar-refractivity contribution in [3.63, 3.8) is 0 Å². The molecule has 0 radical (unpaired) electrons. The van der Waals surface area contributed by atoms with Gasteiger partial charge in [0.1, 0.15) is 0 Å². The van der Waals surface area contributed by atoms with Gasteiger partial charge < -0.3 is 4.74 Å². The first kappa shape index (κ1) is 14.8. The van der Waals surface area contributed by atoms with Gasteiger partial charge in [-0.1, -0.05) is 13.3 Å². The van der Waals surface area contributed by atoms with Gasteiger partial charge in [0.05, 0.1) is 7.11 Å². The fraction of sp³-hybridized carbons (Fsp3) is 0.706. The molecule has 0 saturated carbocycles. The summed E-state index contributed by atoms with van der Waals surface area (Å²) in [6.07, 6.45) is 7.23. The number of methoxy groups -OCH3 is 1. The minimum Gasteiger partial charge on any atom is -0.481 e. The Balaban J connectivity index is 1.70. The van der Waals surface area contributed by atoms with Crippen molar-refractivity contribution >= 4 is 0 Å². The van der Waals surface area contributed by atoms with Crippen molar-refractivity contribution < 1.29 is 4.74 Å². The average Bonchev–Trinajstić information content (AvgIpc) is 2.54. The largest absolute Gasteiger partial charge is 0.481 e.